The summed E-state index contributed by atoms with van der Waals surface area (Å²) in [6, 6.07) is 8.31. The van der Waals surface area contributed by atoms with Crippen molar-refractivity contribution in [3.05, 3.63) is 24.3 Å². The van der Waals surface area contributed by atoms with E-state index in [0.29, 0.717) is 6.10 Å². The van der Waals surface area contributed by atoms with Gasteiger partial charge in [-0.15, -0.1) is 0 Å². The molecule has 0 amide bonds. The first kappa shape index (κ1) is 19.8. The molecule has 1 saturated heterocycles. The Morgan fingerprint density at radius 2 is 1.81 bits per heavy atom. The monoisotopic (exact) mass is 374 g/mol. The number of hydrogen-bond acceptors (Lipinski definition) is 4. The van der Waals surface area contributed by atoms with Gasteiger partial charge in [-0.3, -0.25) is 4.99 Å². The normalized spacial score (nSPS) is 18.8. The number of ether oxygens (including phenoxy) is 2. The maximum Gasteiger partial charge on any atom is 0.193 e. The third-order valence-corrected chi connectivity index (χ3v) is 5.49. The van der Waals surface area contributed by atoms with Crippen LogP contribution in [0.4, 0.5) is 5.69 Å². The van der Waals surface area contributed by atoms with Crippen molar-refractivity contribution in [3.63, 3.8) is 0 Å². The summed E-state index contributed by atoms with van der Waals surface area (Å²) in [5.74, 6) is 1.91. The molecule has 1 N–H and O–H groups in total. The Labute approximate surface area is 163 Å². The van der Waals surface area contributed by atoms with Crippen LogP contribution < -0.4 is 15.0 Å². The third kappa shape index (κ3) is 5.76. The molecule has 6 heteroatoms. The standard InChI is InChI=1S/C21H34N4O2/c1-22-21(23-12-5-17-27-20-6-3-4-7-20)25-15-13-24(14-16-25)18-8-10-19(26-2)11-9-18/h8-11,20H,3-7,12-17H2,1-2H3,(H,22,23). The lowest BCUT2D eigenvalue weighted by atomic mass is 10.2. The average Bonchev–Trinajstić information content (AvgIpc) is 3.24. The van der Waals surface area contributed by atoms with E-state index < -0.39 is 0 Å². The molecule has 1 aromatic carbocycles. The summed E-state index contributed by atoms with van der Waals surface area (Å²) in [5, 5.41) is 3.50. The molecule has 150 valence electrons. The van der Waals surface area contributed by atoms with E-state index in [-0.39, 0.29) is 0 Å². The van der Waals surface area contributed by atoms with Crippen molar-refractivity contribution in [3.8, 4) is 5.75 Å². The van der Waals surface area contributed by atoms with Gasteiger partial charge in [0.05, 0.1) is 13.2 Å². The van der Waals surface area contributed by atoms with E-state index in [1.54, 1.807) is 7.11 Å². The topological polar surface area (TPSA) is 49.3 Å². The van der Waals surface area contributed by atoms with Gasteiger partial charge in [-0.05, 0) is 43.5 Å². The molecule has 2 aliphatic rings. The molecular formula is C21H34N4O2. The van der Waals surface area contributed by atoms with Crippen LogP contribution in [0.5, 0.6) is 5.75 Å². The van der Waals surface area contributed by atoms with Gasteiger partial charge in [0.1, 0.15) is 5.75 Å². The van der Waals surface area contributed by atoms with Crippen molar-refractivity contribution in [2.75, 3.05) is 58.4 Å². The van der Waals surface area contributed by atoms with Crippen LogP contribution in [0.15, 0.2) is 29.3 Å². The lowest BCUT2D eigenvalue weighted by Crippen LogP contribution is -2.52. The Hall–Kier alpha value is -1.95. The average molecular weight is 375 g/mol. The van der Waals surface area contributed by atoms with Gasteiger partial charge < -0.3 is 24.6 Å². The van der Waals surface area contributed by atoms with Crippen molar-refractivity contribution in [2.24, 2.45) is 4.99 Å². The molecule has 1 saturated carbocycles. The first-order chi connectivity index (χ1) is 13.3. The predicted molar refractivity (Wildman–Crippen MR) is 111 cm³/mol. The maximum absolute atomic E-state index is 5.93. The minimum absolute atomic E-state index is 0.510. The van der Waals surface area contributed by atoms with E-state index in [2.05, 4.69) is 32.2 Å². The van der Waals surface area contributed by atoms with Crippen LogP contribution in [0.3, 0.4) is 0 Å². The van der Waals surface area contributed by atoms with Gasteiger partial charge >= 0.3 is 0 Å². The Morgan fingerprint density at radius 1 is 1.11 bits per heavy atom. The molecule has 0 atom stereocenters. The van der Waals surface area contributed by atoms with Gasteiger partial charge in [0.2, 0.25) is 0 Å². The molecule has 1 heterocycles. The molecule has 0 spiro atoms. The van der Waals surface area contributed by atoms with Gasteiger partial charge in [0, 0.05) is 52.1 Å². The number of aliphatic imine (C=N–C) groups is 1. The Balaban J connectivity index is 1.36. The molecule has 1 aliphatic heterocycles. The molecule has 6 nitrogen and oxygen atoms in total. The molecule has 0 radical (unpaired) electrons. The summed E-state index contributed by atoms with van der Waals surface area (Å²) in [6.07, 6.45) is 6.69. The van der Waals surface area contributed by atoms with Crippen LogP contribution in [0.1, 0.15) is 32.1 Å². The first-order valence-corrected chi connectivity index (χ1v) is 10.3. The Bertz CT molecular complexity index is 576. The van der Waals surface area contributed by atoms with Crippen molar-refractivity contribution in [2.45, 2.75) is 38.2 Å². The van der Waals surface area contributed by atoms with Gasteiger partial charge in [-0.25, -0.2) is 0 Å². The summed E-state index contributed by atoms with van der Waals surface area (Å²) < 4.78 is 11.2. The highest BCUT2D eigenvalue weighted by molar-refractivity contribution is 5.80. The van der Waals surface area contributed by atoms with Crippen LogP contribution in [0.2, 0.25) is 0 Å². The van der Waals surface area contributed by atoms with E-state index >= 15 is 0 Å². The van der Waals surface area contributed by atoms with Crippen LogP contribution in [0, 0.1) is 0 Å². The van der Waals surface area contributed by atoms with Crippen molar-refractivity contribution in [1.82, 2.24) is 10.2 Å². The number of hydrogen-bond donors (Lipinski definition) is 1. The molecule has 1 aliphatic carbocycles. The molecular weight excluding hydrogens is 340 g/mol. The van der Waals surface area contributed by atoms with Gasteiger partial charge in [0.15, 0.2) is 5.96 Å². The number of anilines is 1. The van der Waals surface area contributed by atoms with Gasteiger partial charge in [0.25, 0.3) is 0 Å². The van der Waals surface area contributed by atoms with E-state index in [1.807, 2.05) is 19.2 Å². The lowest BCUT2D eigenvalue weighted by Gasteiger charge is -2.37. The number of nitrogens with zero attached hydrogens (tertiary/aromatic N) is 3. The quantitative estimate of drug-likeness (QED) is 0.452. The van der Waals surface area contributed by atoms with E-state index in [4.69, 9.17) is 9.47 Å². The zero-order valence-electron chi connectivity index (χ0n) is 16.8. The zero-order chi connectivity index (χ0) is 18.9. The van der Waals surface area contributed by atoms with Crippen LogP contribution in [-0.2, 0) is 4.74 Å². The van der Waals surface area contributed by atoms with Gasteiger partial charge in [-0.1, -0.05) is 12.8 Å². The largest absolute Gasteiger partial charge is 0.497 e. The SMILES string of the molecule is CN=C(NCCCOC1CCCC1)N1CCN(c2ccc(OC)cc2)CC1. The molecule has 1 aromatic rings. The zero-order valence-corrected chi connectivity index (χ0v) is 16.8. The summed E-state index contributed by atoms with van der Waals surface area (Å²) in [6.45, 7) is 5.71. The number of guanidine groups is 1. The fourth-order valence-electron chi connectivity index (χ4n) is 3.88. The number of methoxy groups -OCH3 is 1. The minimum atomic E-state index is 0.510. The fraction of sp³-hybridized carbons (Fsp3) is 0.667. The molecule has 3 rings (SSSR count). The fourth-order valence-corrected chi connectivity index (χ4v) is 3.88. The second-order valence-corrected chi connectivity index (χ2v) is 7.28. The molecule has 0 bridgehead atoms. The second-order valence-electron chi connectivity index (χ2n) is 7.28. The molecule has 27 heavy (non-hydrogen) atoms. The van der Waals surface area contributed by atoms with Crippen LogP contribution in [-0.4, -0.2) is 70.5 Å². The van der Waals surface area contributed by atoms with E-state index in [9.17, 15) is 0 Å². The highest BCUT2D eigenvalue weighted by Crippen LogP contribution is 2.21. The van der Waals surface area contributed by atoms with Crippen LogP contribution in [0.25, 0.3) is 0 Å². The first-order valence-electron chi connectivity index (χ1n) is 10.3. The number of piperazine rings is 1. The summed E-state index contributed by atoms with van der Waals surface area (Å²) in [7, 11) is 3.57. The number of nitrogens with one attached hydrogen (secondary N) is 1. The minimum Gasteiger partial charge on any atom is -0.497 e. The number of rotatable bonds is 7. The van der Waals surface area contributed by atoms with Gasteiger partial charge in [-0.2, -0.15) is 0 Å². The number of benzene rings is 1. The second kappa shape index (κ2) is 10.4. The highest BCUT2D eigenvalue weighted by atomic mass is 16.5. The summed E-state index contributed by atoms with van der Waals surface area (Å²) >= 11 is 0. The third-order valence-electron chi connectivity index (χ3n) is 5.49. The summed E-state index contributed by atoms with van der Waals surface area (Å²) in [5.41, 5.74) is 1.25. The maximum atomic E-state index is 5.93. The van der Waals surface area contributed by atoms with E-state index in [0.717, 1.165) is 57.5 Å². The van der Waals surface area contributed by atoms with Crippen molar-refractivity contribution >= 4 is 11.6 Å². The highest BCUT2D eigenvalue weighted by Gasteiger charge is 2.20. The Morgan fingerprint density at radius 3 is 2.44 bits per heavy atom. The molecule has 0 aromatic heterocycles. The predicted octanol–water partition coefficient (Wildman–Crippen LogP) is 2.74. The van der Waals surface area contributed by atoms with Crippen LogP contribution >= 0.6 is 0 Å². The Kier molecular flexibility index (Phi) is 7.63. The molecule has 0 unspecified atom stereocenters. The smallest absolute Gasteiger partial charge is 0.193 e. The molecule has 2 fully saturated rings. The van der Waals surface area contributed by atoms with Crippen molar-refractivity contribution in [1.29, 1.82) is 0 Å². The van der Waals surface area contributed by atoms with Crippen molar-refractivity contribution < 1.29 is 9.47 Å². The van der Waals surface area contributed by atoms with E-state index in [1.165, 1.54) is 31.4 Å². The summed E-state index contributed by atoms with van der Waals surface area (Å²) in [4.78, 5) is 9.22. The lowest BCUT2D eigenvalue weighted by molar-refractivity contribution is 0.0573.